The normalized spacial score (nSPS) is 21.8. The number of carbonyl (C=O) groups excluding carboxylic acids is 1. The maximum Gasteiger partial charge on any atom is 0.253 e. The third-order valence-corrected chi connectivity index (χ3v) is 7.93. The molecule has 156 valence electrons. The second-order valence-corrected chi connectivity index (χ2v) is 9.76. The highest BCUT2D eigenvalue weighted by atomic mass is 19.1. The first kappa shape index (κ1) is 17.7. The largest absolute Gasteiger partial charge is 0.357 e. The number of H-pyrrole nitrogens is 1. The molecule has 1 amide bonds. The number of aromatic amines is 1. The summed E-state index contributed by atoms with van der Waals surface area (Å²) in [6, 6.07) is 8.60. The smallest absolute Gasteiger partial charge is 0.253 e. The number of halogens is 1. The lowest BCUT2D eigenvalue weighted by Crippen LogP contribution is -2.71. The Hall–Kier alpha value is -2.99. The Balaban J connectivity index is 1.42. The summed E-state index contributed by atoms with van der Waals surface area (Å²) in [6.07, 6.45) is 5.71. The van der Waals surface area contributed by atoms with Gasteiger partial charge in [-0.25, -0.2) is 4.39 Å². The van der Waals surface area contributed by atoms with Crippen LogP contribution in [0.15, 0.2) is 36.5 Å². The van der Waals surface area contributed by atoms with E-state index in [0.717, 1.165) is 78.1 Å². The van der Waals surface area contributed by atoms with E-state index >= 15 is 0 Å². The SMILES string of the molecule is CN1CC2(C1)c1[nH]c3c(c1C(=O)NC21CC1)CCc1cnc(-c2cccc(F)c2)cc1-3. The average Bonchev–Trinajstić information content (AvgIpc) is 3.39. The topological polar surface area (TPSA) is 61.0 Å². The minimum Gasteiger partial charge on any atom is -0.357 e. The molecule has 0 atom stereocenters. The summed E-state index contributed by atoms with van der Waals surface area (Å²) >= 11 is 0. The van der Waals surface area contributed by atoms with Gasteiger partial charge in [0.05, 0.1) is 27.9 Å². The zero-order valence-corrected chi connectivity index (χ0v) is 17.4. The number of fused-ring (bicyclic) bond motifs is 7. The second kappa shape index (κ2) is 5.62. The van der Waals surface area contributed by atoms with Crippen molar-refractivity contribution < 1.29 is 9.18 Å². The number of rotatable bonds is 1. The van der Waals surface area contributed by atoms with Gasteiger partial charge in [0, 0.05) is 36.1 Å². The fourth-order valence-electron chi connectivity index (χ4n) is 6.31. The molecule has 6 heteroatoms. The van der Waals surface area contributed by atoms with E-state index in [1.165, 1.54) is 17.7 Å². The highest BCUT2D eigenvalue weighted by Crippen LogP contribution is 2.59. The van der Waals surface area contributed by atoms with Gasteiger partial charge in [0.15, 0.2) is 0 Å². The molecule has 2 fully saturated rings. The van der Waals surface area contributed by atoms with Crippen molar-refractivity contribution in [1.82, 2.24) is 20.2 Å². The third-order valence-electron chi connectivity index (χ3n) is 7.93. The summed E-state index contributed by atoms with van der Waals surface area (Å²) < 4.78 is 13.8. The van der Waals surface area contributed by atoms with Gasteiger partial charge in [0.25, 0.3) is 5.91 Å². The predicted molar refractivity (Wildman–Crippen MR) is 115 cm³/mol. The average molecular weight is 414 g/mol. The third kappa shape index (κ3) is 2.18. The van der Waals surface area contributed by atoms with Gasteiger partial charge in [0.2, 0.25) is 0 Å². The van der Waals surface area contributed by atoms with Crippen LogP contribution in [0, 0.1) is 5.82 Å². The van der Waals surface area contributed by atoms with Gasteiger partial charge < -0.3 is 15.2 Å². The molecule has 1 saturated heterocycles. The van der Waals surface area contributed by atoms with Crippen LogP contribution in [0.4, 0.5) is 4.39 Å². The fourth-order valence-corrected chi connectivity index (χ4v) is 6.31. The van der Waals surface area contributed by atoms with Gasteiger partial charge >= 0.3 is 0 Å². The number of pyridine rings is 1. The molecule has 0 bridgehead atoms. The summed E-state index contributed by atoms with van der Waals surface area (Å²) in [4.78, 5) is 23.9. The standard InChI is InChI=1S/C25H23FN4O/c1-30-12-24(13-30)22-20(23(31)29-25(24)7-8-25)17-6-5-15-11-27-19(10-18(15)21(17)28-22)14-3-2-4-16(26)9-14/h2-4,9-11,28H,5-8,12-13H2,1H3,(H,29,31). The summed E-state index contributed by atoms with van der Waals surface area (Å²) in [5.41, 5.74) is 7.86. The number of carbonyl (C=O) groups is 1. The number of hydrogen-bond acceptors (Lipinski definition) is 3. The Labute approximate surface area is 179 Å². The van der Waals surface area contributed by atoms with Gasteiger partial charge in [-0.3, -0.25) is 9.78 Å². The number of likely N-dealkylation sites (N-methyl/N-ethyl adjacent to an activating group) is 1. The van der Waals surface area contributed by atoms with Crippen LogP contribution < -0.4 is 5.32 Å². The fraction of sp³-hybridized carbons (Fsp3) is 0.360. The lowest BCUT2D eigenvalue weighted by molar-refractivity contribution is 0.0340. The van der Waals surface area contributed by atoms with Crippen LogP contribution in [-0.4, -0.2) is 46.5 Å². The minimum atomic E-state index is -0.268. The molecule has 31 heavy (non-hydrogen) atoms. The first-order valence-corrected chi connectivity index (χ1v) is 11.0. The number of nitrogens with zero attached hydrogens (tertiary/aromatic N) is 2. The van der Waals surface area contributed by atoms with Crippen molar-refractivity contribution in [2.75, 3.05) is 20.1 Å². The van der Waals surface area contributed by atoms with Crippen LogP contribution in [0.2, 0.25) is 0 Å². The number of hydrogen-bond donors (Lipinski definition) is 2. The van der Waals surface area contributed by atoms with Crippen LogP contribution in [0.3, 0.4) is 0 Å². The van der Waals surface area contributed by atoms with E-state index in [0.29, 0.717) is 0 Å². The Bertz CT molecular complexity index is 1280. The number of amides is 1. The van der Waals surface area contributed by atoms with E-state index in [2.05, 4.69) is 33.3 Å². The van der Waals surface area contributed by atoms with Crippen molar-refractivity contribution in [3.05, 3.63) is 64.7 Å². The molecule has 4 heterocycles. The van der Waals surface area contributed by atoms with E-state index in [1.54, 1.807) is 6.07 Å². The summed E-state index contributed by atoms with van der Waals surface area (Å²) in [5, 5.41) is 3.40. The molecule has 2 aliphatic carbocycles. The Morgan fingerprint density at radius 3 is 2.74 bits per heavy atom. The Morgan fingerprint density at radius 2 is 2.00 bits per heavy atom. The number of aryl methyl sites for hydroxylation is 1. The summed E-state index contributed by atoms with van der Waals surface area (Å²) in [5.74, 6) is -0.191. The molecular weight excluding hydrogens is 391 g/mol. The van der Waals surface area contributed by atoms with Gasteiger partial charge in [-0.15, -0.1) is 0 Å². The molecule has 2 N–H and O–H groups in total. The van der Waals surface area contributed by atoms with Crippen LogP contribution in [0.25, 0.3) is 22.5 Å². The molecule has 0 unspecified atom stereocenters. The Kier molecular flexibility index (Phi) is 3.20. The molecule has 7 rings (SSSR count). The first-order valence-electron chi connectivity index (χ1n) is 11.0. The molecule has 3 aromatic rings. The molecule has 2 aliphatic heterocycles. The molecule has 2 spiro atoms. The number of likely N-dealkylation sites (tertiary alicyclic amines) is 1. The van der Waals surface area contributed by atoms with E-state index in [9.17, 15) is 9.18 Å². The number of nitrogens with one attached hydrogen (secondary N) is 2. The van der Waals surface area contributed by atoms with Crippen LogP contribution in [0.5, 0.6) is 0 Å². The van der Waals surface area contributed by atoms with E-state index in [-0.39, 0.29) is 22.7 Å². The molecule has 2 aromatic heterocycles. The monoisotopic (exact) mass is 414 g/mol. The van der Waals surface area contributed by atoms with E-state index < -0.39 is 0 Å². The molecule has 1 aromatic carbocycles. The van der Waals surface area contributed by atoms with Crippen molar-refractivity contribution in [2.24, 2.45) is 0 Å². The molecule has 0 radical (unpaired) electrons. The van der Waals surface area contributed by atoms with Gasteiger partial charge in [-0.05, 0) is 62.1 Å². The number of benzene rings is 1. The minimum absolute atomic E-state index is 0.0130. The predicted octanol–water partition coefficient (Wildman–Crippen LogP) is 3.44. The quantitative estimate of drug-likeness (QED) is 0.641. The zero-order chi connectivity index (χ0) is 21.0. The zero-order valence-electron chi connectivity index (χ0n) is 17.4. The van der Waals surface area contributed by atoms with Gasteiger partial charge in [-0.1, -0.05) is 12.1 Å². The summed E-state index contributed by atoms with van der Waals surface area (Å²) in [7, 11) is 2.15. The van der Waals surface area contributed by atoms with Gasteiger partial charge in [-0.2, -0.15) is 0 Å². The van der Waals surface area contributed by atoms with Crippen molar-refractivity contribution >= 4 is 5.91 Å². The molecule has 4 aliphatic rings. The lowest BCUT2D eigenvalue weighted by Gasteiger charge is -2.55. The van der Waals surface area contributed by atoms with Crippen molar-refractivity contribution in [3.8, 4) is 22.5 Å². The highest BCUT2D eigenvalue weighted by Gasteiger charge is 2.68. The second-order valence-electron chi connectivity index (χ2n) is 9.76. The maximum atomic E-state index is 13.8. The maximum absolute atomic E-state index is 13.8. The highest BCUT2D eigenvalue weighted by molar-refractivity contribution is 6.02. The van der Waals surface area contributed by atoms with Crippen LogP contribution >= 0.6 is 0 Å². The summed E-state index contributed by atoms with van der Waals surface area (Å²) in [6.45, 7) is 1.94. The Morgan fingerprint density at radius 1 is 1.16 bits per heavy atom. The molecule has 1 saturated carbocycles. The lowest BCUT2D eigenvalue weighted by atomic mass is 9.65. The van der Waals surface area contributed by atoms with E-state index in [1.807, 2.05) is 12.3 Å². The van der Waals surface area contributed by atoms with Crippen molar-refractivity contribution in [1.29, 1.82) is 0 Å². The van der Waals surface area contributed by atoms with Crippen molar-refractivity contribution in [3.63, 3.8) is 0 Å². The van der Waals surface area contributed by atoms with Crippen LogP contribution in [-0.2, 0) is 18.3 Å². The van der Waals surface area contributed by atoms with E-state index in [4.69, 9.17) is 0 Å². The number of aromatic nitrogens is 2. The molecular formula is C25H23FN4O. The van der Waals surface area contributed by atoms with Crippen LogP contribution in [0.1, 0.15) is 40.0 Å². The molecule has 5 nitrogen and oxygen atoms in total. The van der Waals surface area contributed by atoms with Crippen molar-refractivity contribution in [2.45, 2.75) is 36.6 Å². The van der Waals surface area contributed by atoms with Gasteiger partial charge in [0.1, 0.15) is 5.82 Å². The first-order chi connectivity index (χ1) is 15.0.